The van der Waals surface area contributed by atoms with E-state index >= 15 is 0 Å². The minimum absolute atomic E-state index is 0.291. The number of ether oxygens (including phenoxy) is 1. The van der Waals surface area contributed by atoms with E-state index in [0.717, 1.165) is 0 Å². The monoisotopic (exact) mass is 268 g/mol. The second-order valence-corrected chi connectivity index (χ2v) is 4.63. The molecule has 4 nitrogen and oxygen atoms in total. The number of nitrogens with two attached hydrogens (primary N) is 1. The van der Waals surface area contributed by atoms with Crippen molar-refractivity contribution >= 4 is 5.91 Å². The topological polar surface area (TPSA) is 64.3 Å². The summed E-state index contributed by atoms with van der Waals surface area (Å²) >= 11 is 0. The molecule has 19 heavy (non-hydrogen) atoms. The molecular weight excluding hydrogens is 247 g/mol. The third kappa shape index (κ3) is 4.87. The van der Waals surface area contributed by atoms with Crippen molar-refractivity contribution < 1.29 is 13.9 Å². The highest BCUT2D eigenvalue weighted by Crippen LogP contribution is 2.14. The number of hydrogen-bond donors (Lipinski definition) is 2. The van der Waals surface area contributed by atoms with Crippen LogP contribution in [0.1, 0.15) is 26.7 Å². The third-order valence-electron chi connectivity index (χ3n) is 3.01. The Bertz CT molecular complexity index is 408. The molecular formula is C14H21FN2O2. The molecule has 3 N–H and O–H groups in total. The number of carbonyl (C=O) groups excluding carboxylic acids is 1. The Hall–Kier alpha value is -1.62. The maximum absolute atomic E-state index is 12.7. The van der Waals surface area contributed by atoms with Gasteiger partial charge in [-0.15, -0.1) is 0 Å². The van der Waals surface area contributed by atoms with Gasteiger partial charge in [0.15, 0.2) is 0 Å². The molecule has 106 valence electrons. The van der Waals surface area contributed by atoms with Crippen molar-refractivity contribution in [2.45, 2.75) is 32.2 Å². The summed E-state index contributed by atoms with van der Waals surface area (Å²) in [6, 6.07) is 5.85. The van der Waals surface area contributed by atoms with Crippen LogP contribution in [0.15, 0.2) is 24.3 Å². The quantitative estimate of drug-likeness (QED) is 0.707. The summed E-state index contributed by atoms with van der Waals surface area (Å²) < 4.78 is 18.2. The maximum atomic E-state index is 12.7. The summed E-state index contributed by atoms with van der Waals surface area (Å²) in [5.74, 6) is -0.0393. The largest absolute Gasteiger partial charge is 0.494 e. The SMILES string of the molecule is CCNC(C)(CCCOc1ccc(F)cc1)C(N)=O. The number of halogens is 1. The summed E-state index contributed by atoms with van der Waals surface area (Å²) in [6.07, 6.45) is 1.28. The Morgan fingerprint density at radius 2 is 2.05 bits per heavy atom. The molecule has 0 fully saturated rings. The predicted octanol–water partition coefficient (Wildman–Crippen LogP) is 1.84. The van der Waals surface area contributed by atoms with E-state index in [1.54, 1.807) is 19.1 Å². The normalized spacial score (nSPS) is 13.8. The van der Waals surface area contributed by atoms with Crippen molar-refractivity contribution in [3.8, 4) is 5.75 Å². The van der Waals surface area contributed by atoms with Gasteiger partial charge in [0.2, 0.25) is 5.91 Å². The van der Waals surface area contributed by atoms with Gasteiger partial charge < -0.3 is 15.8 Å². The van der Waals surface area contributed by atoms with Crippen LogP contribution in [0.3, 0.4) is 0 Å². The van der Waals surface area contributed by atoms with Crippen LogP contribution < -0.4 is 15.8 Å². The van der Waals surface area contributed by atoms with Crippen molar-refractivity contribution in [3.63, 3.8) is 0 Å². The number of rotatable bonds is 8. The van der Waals surface area contributed by atoms with Gasteiger partial charge in [-0.3, -0.25) is 4.79 Å². The molecule has 1 aromatic rings. The van der Waals surface area contributed by atoms with Gasteiger partial charge in [0.05, 0.1) is 12.1 Å². The number of primary amides is 1. The molecule has 0 aliphatic rings. The summed E-state index contributed by atoms with van der Waals surface area (Å²) in [5.41, 5.74) is 4.68. The van der Waals surface area contributed by atoms with Crippen LogP contribution in [0.2, 0.25) is 0 Å². The molecule has 1 amide bonds. The Kier molecular flexibility index (Phi) is 5.76. The fraction of sp³-hybridized carbons (Fsp3) is 0.500. The summed E-state index contributed by atoms with van der Waals surface area (Å²) in [4.78, 5) is 11.4. The number of carbonyl (C=O) groups is 1. The number of benzene rings is 1. The highest BCUT2D eigenvalue weighted by molar-refractivity contribution is 5.84. The van der Waals surface area contributed by atoms with Crippen molar-refractivity contribution in [1.29, 1.82) is 0 Å². The first kappa shape index (κ1) is 15.4. The van der Waals surface area contributed by atoms with Crippen LogP contribution in [0, 0.1) is 5.82 Å². The van der Waals surface area contributed by atoms with Crippen molar-refractivity contribution in [3.05, 3.63) is 30.1 Å². The van der Waals surface area contributed by atoms with E-state index in [4.69, 9.17) is 10.5 Å². The van der Waals surface area contributed by atoms with E-state index in [9.17, 15) is 9.18 Å². The average molecular weight is 268 g/mol. The first-order valence-corrected chi connectivity index (χ1v) is 6.41. The Morgan fingerprint density at radius 3 is 2.58 bits per heavy atom. The lowest BCUT2D eigenvalue weighted by Crippen LogP contribution is -2.53. The summed E-state index contributed by atoms with van der Waals surface area (Å²) in [5, 5.41) is 3.08. The predicted molar refractivity (Wildman–Crippen MR) is 72.4 cm³/mol. The van der Waals surface area contributed by atoms with Crippen LogP contribution >= 0.6 is 0 Å². The van der Waals surface area contributed by atoms with Crippen LogP contribution in [0.4, 0.5) is 4.39 Å². The Labute approximate surface area is 113 Å². The Morgan fingerprint density at radius 1 is 1.42 bits per heavy atom. The molecule has 0 bridgehead atoms. The van der Waals surface area contributed by atoms with E-state index in [-0.39, 0.29) is 11.7 Å². The molecule has 0 saturated carbocycles. The lowest BCUT2D eigenvalue weighted by Gasteiger charge is -2.26. The summed E-state index contributed by atoms with van der Waals surface area (Å²) in [7, 11) is 0. The molecule has 0 heterocycles. The zero-order valence-corrected chi connectivity index (χ0v) is 11.4. The second-order valence-electron chi connectivity index (χ2n) is 4.63. The average Bonchev–Trinajstić information content (AvgIpc) is 2.37. The van der Waals surface area contributed by atoms with Crippen molar-refractivity contribution in [1.82, 2.24) is 5.32 Å². The van der Waals surface area contributed by atoms with Gasteiger partial charge in [-0.25, -0.2) is 4.39 Å². The van der Waals surface area contributed by atoms with Gasteiger partial charge in [-0.05, 0) is 50.6 Å². The van der Waals surface area contributed by atoms with E-state index in [2.05, 4.69) is 5.32 Å². The molecule has 0 aliphatic heterocycles. The molecule has 0 saturated heterocycles. The number of amides is 1. The maximum Gasteiger partial charge on any atom is 0.237 e. The van der Waals surface area contributed by atoms with Gasteiger partial charge in [0.1, 0.15) is 11.6 Å². The van der Waals surface area contributed by atoms with E-state index in [1.165, 1.54) is 12.1 Å². The van der Waals surface area contributed by atoms with E-state index in [0.29, 0.717) is 31.7 Å². The van der Waals surface area contributed by atoms with Gasteiger partial charge >= 0.3 is 0 Å². The first-order chi connectivity index (χ1) is 8.98. The number of likely N-dealkylation sites (N-methyl/N-ethyl adjacent to an activating group) is 1. The lowest BCUT2D eigenvalue weighted by atomic mass is 9.95. The van der Waals surface area contributed by atoms with Gasteiger partial charge in [0.25, 0.3) is 0 Å². The third-order valence-corrected chi connectivity index (χ3v) is 3.01. The van der Waals surface area contributed by atoms with E-state index in [1.807, 2.05) is 6.92 Å². The molecule has 1 unspecified atom stereocenters. The van der Waals surface area contributed by atoms with E-state index < -0.39 is 5.54 Å². The van der Waals surface area contributed by atoms with Crippen molar-refractivity contribution in [2.24, 2.45) is 5.73 Å². The smallest absolute Gasteiger partial charge is 0.237 e. The minimum Gasteiger partial charge on any atom is -0.494 e. The minimum atomic E-state index is -0.707. The standard InChI is InChI=1S/C14H21FN2O2/c1-3-17-14(2,13(16)18)9-4-10-19-12-7-5-11(15)6-8-12/h5-8,17H,3-4,9-10H2,1-2H3,(H2,16,18). The molecule has 0 aromatic heterocycles. The molecule has 0 spiro atoms. The van der Waals surface area contributed by atoms with Gasteiger partial charge in [-0.1, -0.05) is 6.92 Å². The number of hydrogen-bond acceptors (Lipinski definition) is 3. The molecule has 5 heteroatoms. The van der Waals surface area contributed by atoms with Gasteiger partial charge in [-0.2, -0.15) is 0 Å². The first-order valence-electron chi connectivity index (χ1n) is 6.41. The van der Waals surface area contributed by atoms with Crippen LogP contribution in [0.25, 0.3) is 0 Å². The zero-order chi connectivity index (χ0) is 14.3. The second kappa shape index (κ2) is 7.09. The van der Waals surface area contributed by atoms with Crippen LogP contribution in [-0.2, 0) is 4.79 Å². The fourth-order valence-electron chi connectivity index (χ4n) is 1.84. The highest BCUT2D eigenvalue weighted by atomic mass is 19.1. The Balaban J connectivity index is 2.36. The molecule has 0 radical (unpaired) electrons. The molecule has 1 atom stereocenters. The van der Waals surface area contributed by atoms with Crippen LogP contribution in [-0.4, -0.2) is 24.6 Å². The van der Waals surface area contributed by atoms with Gasteiger partial charge in [0, 0.05) is 0 Å². The van der Waals surface area contributed by atoms with Crippen LogP contribution in [0.5, 0.6) is 5.75 Å². The fourth-order valence-corrected chi connectivity index (χ4v) is 1.84. The zero-order valence-electron chi connectivity index (χ0n) is 11.4. The lowest BCUT2D eigenvalue weighted by molar-refractivity contribution is -0.124. The molecule has 1 rings (SSSR count). The molecule has 1 aromatic carbocycles. The number of nitrogens with one attached hydrogen (secondary N) is 1. The summed E-state index contributed by atoms with van der Waals surface area (Å²) in [6.45, 7) is 4.85. The molecule has 0 aliphatic carbocycles. The highest BCUT2D eigenvalue weighted by Gasteiger charge is 2.28. The van der Waals surface area contributed by atoms with Crippen molar-refractivity contribution in [2.75, 3.05) is 13.2 Å².